The normalized spacial score (nSPS) is 11.2. The van der Waals surface area contributed by atoms with Gasteiger partial charge in [0.1, 0.15) is 12.4 Å². The van der Waals surface area contributed by atoms with E-state index in [2.05, 4.69) is 109 Å². The van der Waals surface area contributed by atoms with Crippen molar-refractivity contribution in [3.8, 4) is 17.0 Å². The van der Waals surface area contributed by atoms with E-state index in [0.717, 1.165) is 68.6 Å². The lowest BCUT2D eigenvalue weighted by Crippen LogP contribution is -2.29. The Labute approximate surface area is 232 Å². The number of anilines is 1. The lowest BCUT2D eigenvalue weighted by atomic mass is 10.1. The van der Waals surface area contributed by atoms with Crippen LogP contribution < -0.4 is 9.64 Å². The third kappa shape index (κ3) is 8.17. The number of nitrogens with zero attached hydrogens (tertiary/aromatic N) is 3. The molecule has 0 unspecified atom stereocenters. The summed E-state index contributed by atoms with van der Waals surface area (Å²) < 4.78 is 6.03. The van der Waals surface area contributed by atoms with E-state index >= 15 is 0 Å². The minimum atomic E-state index is 0.577. The molecule has 1 heterocycles. The lowest BCUT2D eigenvalue weighted by molar-refractivity contribution is 0.300. The molecule has 4 nitrogen and oxygen atoms in total. The number of benzene rings is 3. The number of thiazole rings is 1. The van der Waals surface area contributed by atoms with Gasteiger partial charge in [0.05, 0.1) is 5.69 Å². The van der Waals surface area contributed by atoms with Crippen LogP contribution in [0.25, 0.3) is 11.3 Å². The first-order chi connectivity index (χ1) is 18.7. The van der Waals surface area contributed by atoms with Crippen LogP contribution in [0.3, 0.4) is 0 Å². The predicted molar refractivity (Wildman–Crippen MR) is 162 cm³/mol. The number of rotatable bonds is 15. The summed E-state index contributed by atoms with van der Waals surface area (Å²) in [6.07, 6.45) is 3.39. The van der Waals surface area contributed by atoms with E-state index in [1.165, 1.54) is 22.3 Å². The summed E-state index contributed by atoms with van der Waals surface area (Å²) in [5.41, 5.74) is 6.05. The van der Waals surface area contributed by atoms with E-state index in [0.29, 0.717) is 6.61 Å². The summed E-state index contributed by atoms with van der Waals surface area (Å²) in [5, 5.41) is 3.26. The summed E-state index contributed by atoms with van der Waals surface area (Å²) in [5.74, 6) is 0.922. The van der Waals surface area contributed by atoms with Crippen LogP contribution in [0.2, 0.25) is 0 Å². The van der Waals surface area contributed by atoms with Crippen molar-refractivity contribution in [3.05, 3.63) is 101 Å². The molecule has 0 atom stereocenters. The van der Waals surface area contributed by atoms with Crippen LogP contribution >= 0.6 is 11.3 Å². The predicted octanol–water partition coefficient (Wildman–Crippen LogP) is 8.08. The maximum absolute atomic E-state index is 6.03. The van der Waals surface area contributed by atoms with E-state index in [9.17, 15) is 0 Å². The Hall–Kier alpha value is -3.15. The van der Waals surface area contributed by atoms with Crippen LogP contribution in [-0.4, -0.2) is 36.1 Å². The fraction of sp³-hybridized carbons (Fsp3) is 0.364. The topological polar surface area (TPSA) is 28.6 Å². The van der Waals surface area contributed by atoms with Crippen LogP contribution in [0.4, 0.5) is 5.13 Å². The van der Waals surface area contributed by atoms with Crippen LogP contribution in [0.5, 0.6) is 5.75 Å². The first-order valence-corrected chi connectivity index (χ1v) is 14.8. The number of aryl methyl sites for hydroxylation is 1. The zero-order valence-electron chi connectivity index (χ0n) is 23.1. The zero-order valence-corrected chi connectivity index (χ0v) is 23.9. The van der Waals surface area contributed by atoms with Crippen molar-refractivity contribution >= 4 is 16.5 Å². The van der Waals surface area contributed by atoms with Gasteiger partial charge in [-0.25, -0.2) is 4.98 Å². The molecule has 0 saturated carbocycles. The standard InChI is InChI=1S/C33H41N3OS/c1-4-11-27-18-20-31(21-19-27)37-25-29-16-14-28(15-17-29)24-36(23-10-22-35(5-2)6-3)33-34-32(26-38-33)30-12-8-7-9-13-30/h7-9,12-21,26H,4-6,10-11,22-25H2,1-3H3. The number of hydrogen-bond donors (Lipinski definition) is 0. The molecular weight excluding hydrogens is 486 g/mol. The summed E-state index contributed by atoms with van der Waals surface area (Å²) in [6.45, 7) is 12.4. The molecule has 0 aliphatic heterocycles. The van der Waals surface area contributed by atoms with Gasteiger partial charge in [-0.2, -0.15) is 0 Å². The van der Waals surface area contributed by atoms with Crippen molar-refractivity contribution in [3.63, 3.8) is 0 Å². The molecule has 38 heavy (non-hydrogen) atoms. The molecule has 0 radical (unpaired) electrons. The average molecular weight is 528 g/mol. The molecule has 5 heteroatoms. The van der Waals surface area contributed by atoms with Crippen molar-refractivity contribution in [2.24, 2.45) is 0 Å². The fourth-order valence-corrected chi connectivity index (χ4v) is 5.45. The molecule has 1 aromatic heterocycles. The molecule has 0 spiro atoms. The van der Waals surface area contributed by atoms with Crippen molar-refractivity contribution in [1.82, 2.24) is 9.88 Å². The number of hydrogen-bond acceptors (Lipinski definition) is 5. The molecule has 4 aromatic rings. The van der Waals surface area contributed by atoms with Gasteiger partial charge in [0.25, 0.3) is 0 Å². The average Bonchev–Trinajstić information content (AvgIpc) is 3.46. The van der Waals surface area contributed by atoms with E-state index < -0.39 is 0 Å². The highest BCUT2D eigenvalue weighted by Gasteiger charge is 2.14. The first kappa shape index (κ1) is 27.9. The van der Waals surface area contributed by atoms with Gasteiger partial charge in [0.15, 0.2) is 5.13 Å². The molecule has 200 valence electrons. The van der Waals surface area contributed by atoms with E-state index in [1.54, 1.807) is 11.3 Å². The van der Waals surface area contributed by atoms with Crippen LogP contribution in [-0.2, 0) is 19.6 Å². The highest BCUT2D eigenvalue weighted by atomic mass is 32.1. The van der Waals surface area contributed by atoms with Crippen LogP contribution in [0, 0.1) is 0 Å². The fourth-order valence-electron chi connectivity index (χ4n) is 4.59. The molecular formula is C33H41N3OS. The molecule has 0 aliphatic carbocycles. The van der Waals surface area contributed by atoms with Crippen LogP contribution in [0.1, 0.15) is 50.3 Å². The Morgan fingerprint density at radius 1 is 0.763 bits per heavy atom. The van der Waals surface area contributed by atoms with Crippen molar-refractivity contribution in [2.45, 2.75) is 53.2 Å². The van der Waals surface area contributed by atoms with Gasteiger partial charge < -0.3 is 14.5 Å². The Kier molecular flexibility index (Phi) is 10.8. The van der Waals surface area contributed by atoms with Crippen molar-refractivity contribution in [2.75, 3.05) is 31.1 Å². The first-order valence-electron chi connectivity index (χ1n) is 14.0. The highest BCUT2D eigenvalue weighted by Crippen LogP contribution is 2.28. The Morgan fingerprint density at radius 3 is 2.13 bits per heavy atom. The smallest absolute Gasteiger partial charge is 0.186 e. The lowest BCUT2D eigenvalue weighted by Gasteiger charge is -2.24. The second kappa shape index (κ2) is 14.7. The maximum atomic E-state index is 6.03. The Bertz CT molecular complexity index is 1200. The largest absolute Gasteiger partial charge is 0.489 e. The maximum Gasteiger partial charge on any atom is 0.186 e. The number of aromatic nitrogens is 1. The van der Waals surface area contributed by atoms with E-state index in [4.69, 9.17) is 9.72 Å². The molecule has 4 rings (SSSR count). The minimum Gasteiger partial charge on any atom is -0.489 e. The molecule has 0 fully saturated rings. The van der Waals surface area contributed by atoms with Crippen molar-refractivity contribution in [1.29, 1.82) is 0 Å². The molecule has 0 amide bonds. The van der Waals surface area contributed by atoms with Gasteiger partial charge in [-0.05, 0) is 61.3 Å². The molecule has 0 aliphatic rings. The molecule has 0 bridgehead atoms. The van der Waals surface area contributed by atoms with E-state index in [1.807, 2.05) is 6.07 Å². The second-order valence-corrected chi connectivity index (χ2v) is 10.5. The third-order valence-corrected chi connectivity index (χ3v) is 7.79. The number of ether oxygens (including phenoxy) is 1. The second-order valence-electron chi connectivity index (χ2n) is 9.68. The Morgan fingerprint density at radius 2 is 1.45 bits per heavy atom. The van der Waals surface area contributed by atoms with E-state index in [-0.39, 0.29) is 0 Å². The van der Waals surface area contributed by atoms with Gasteiger partial charge in [-0.1, -0.05) is 93.9 Å². The summed E-state index contributed by atoms with van der Waals surface area (Å²) in [7, 11) is 0. The summed E-state index contributed by atoms with van der Waals surface area (Å²) >= 11 is 1.74. The van der Waals surface area contributed by atoms with Gasteiger partial charge in [-0.3, -0.25) is 0 Å². The van der Waals surface area contributed by atoms with Crippen LogP contribution in [0.15, 0.2) is 84.2 Å². The highest BCUT2D eigenvalue weighted by molar-refractivity contribution is 7.14. The van der Waals surface area contributed by atoms with Crippen molar-refractivity contribution < 1.29 is 4.74 Å². The third-order valence-electron chi connectivity index (χ3n) is 6.89. The van der Waals surface area contributed by atoms with Gasteiger partial charge in [0, 0.05) is 24.0 Å². The molecule has 3 aromatic carbocycles. The monoisotopic (exact) mass is 527 g/mol. The van der Waals surface area contributed by atoms with Gasteiger partial charge >= 0.3 is 0 Å². The zero-order chi connectivity index (χ0) is 26.6. The minimum absolute atomic E-state index is 0.577. The summed E-state index contributed by atoms with van der Waals surface area (Å²) in [4.78, 5) is 9.95. The molecule has 0 N–H and O–H groups in total. The Balaban J connectivity index is 1.40. The summed E-state index contributed by atoms with van der Waals surface area (Å²) in [6, 6.07) is 27.8. The SMILES string of the molecule is CCCc1ccc(OCc2ccc(CN(CCCN(CC)CC)c3nc(-c4ccccc4)cs3)cc2)cc1. The quantitative estimate of drug-likeness (QED) is 0.156. The van der Waals surface area contributed by atoms with Gasteiger partial charge in [-0.15, -0.1) is 11.3 Å². The molecule has 0 saturated heterocycles. The van der Waals surface area contributed by atoms with Gasteiger partial charge in [0.2, 0.25) is 0 Å².